The zero-order chi connectivity index (χ0) is 16.0. The van der Waals surface area contributed by atoms with E-state index in [1.807, 2.05) is 14.1 Å². The fraction of sp³-hybridized carbons (Fsp3) is 0.769. The van der Waals surface area contributed by atoms with E-state index < -0.39 is 23.9 Å². The normalized spacial score (nSPS) is 17.7. The van der Waals surface area contributed by atoms with Crippen molar-refractivity contribution < 1.29 is 19.5 Å². The first-order chi connectivity index (χ1) is 9.77. The number of amides is 3. The Labute approximate surface area is 124 Å². The van der Waals surface area contributed by atoms with Crippen LogP contribution in [0.25, 0.3) is 0 Å². The van der Waals surface area contributed by atoms with Crippen LogP contribution >= 0.6 is 0 Å². The second-order valence-corrected chi connectivity index (χ2v) is 5.70. The lowest BCUT2D eigenvalue weighted by Crippen LogP contribution is -2.59. The van der Waals surface area contributed by atoms with Gasteiger partial charge in [-0.3, -0.25) is 4.79 Å². The molecule has 1 aliphatic carbocycles. The van der Waals surface area contributed by atoms with Crippen LogP contribution in [-0.2, 0) is 9.59 Å². The number of nitrogens with zero attached hydrogens (tertiary/aromatic N) is 1. The van der Waals surface area contributed by atoms with Crippen LogP contribution in [-0.4, -0.2) is 60.1 Å². The highest BCUT2D eigenvalue weighted by Gasteiger charge is 2.39. The molecule has 21 heavy (non-hydrogen) atoms. The van der Waals surface area contributed by atoms with E-state index in [1.165, 1.54) is 0 Å². The predicted octanol–water partition coefficient (Wildman–Crippen LogP) is -0.511. The maximum Gasteiger partial charge on any atom is 0.326 e. The van der Waals surface area contributed by atoms with Crippen molar-refractivity contribution in [3.63, 3.8) is 0 Å². The van der Waals surface area contributed by atoms with Gasteiger partial charge in [-0.25, -0.2) is 9.59 Å². The van der Waals surface area contributed by atoms with Crippen molar-refractivity contribution in [2.45, 2.75) is 43.7 Å². The summed E-state index contributed by atoms with van der Waals surface area (Å²) in [6.07, 6.45) is 3.03. The zero-order valence-electron chi connectivity index (χ0n) is 12.5. The number of carbonyl (C=O) groups excluding carboxylic acids is 2. The molecule has 3 amide bonds. The smallest absolute Gasteiger partial charge is 0.326 e. The minimum atomic E-state index is -1.18. The van der Waals surface area contributed by atoms with Gasteiger partial charge in [0.2, 0.25) is 5.91 Å². The average Bonchev–Trinajstić information content (AvgIpc) is 2.31. The second kappa shape index (κ2) is 7.26. The van der Waals surface area contributed by atoms with Gasteiger partial charge < -0.3 is 26.4 Å². The third-order valence-electron chi connectivity index (χ3n) is 4.09. The van der Waals surface area contributed by atoms with Gasteiger partial charge in [0, 0.05) is 18.5 Å². The molecule has 1 saturated carbocycles. The van der Waals surface area contributed by atoms with E-state index in [-0.39, 0.29) is 18.4 Å². The lowest BCUT2D eigenvalue weighted by Gasteiger charge is -2.47. The molecule has 1 rings (SSSR count). The fourth-order valence-electron chi connectivity index (χ4n) is 2.37. The molecule has 8 heteroatoms. The van der Waals surface area contributed by atoms with Crippen LogP contribution in [0.1, 0.15) is 32.1 Å². The summed E-state index contributed by atoms with van der Waals surface area (Å²) in [5.41, 5.74) is 4.94. The van der Waals surface area contributed by atoms with Gasteiger partial charge >= 0.3 is 12.0 Å². The molecule has 1 atom stereocenters. The number of carboxylic acids is 1. The van der Waals surface area contributed by atoms with Crippen molar-refractivity contribution in [3.8, 4) is 0 Å². The first kappa shape index (κ1) is 17.2. The number of hydrogen-bond donors (Lipinski definition) is 4. The Bertz CT molecular complexity index is 407. The summed E-state index contributed by atoms with van der Waals surface area (Å²) < 4.78 is 0. The van der Waals surface area contributed by atoms with Crippen LogP contribution in [0.4, 0.5) is 4.79 Å². The van der Waals surface area contributed by atoms with E-state index in [4.69, 9.17) is 10.8 Å². The van der Waals surface area contributed by atoms with Crippen molar-refractivity contribution in [2.75, 3.05) is 20.6 Å². The number of aliphatic carboxylic acids is 1. The number of carboxylic acid groups (broad SMARTS) is 1. The van der Waals surface area contributed by atoms with Gasteiger partial charge in [-0.05, 0) is 39.8 Å². The third-order valence-corrected chi connectivity index (χ3v) is 4.09. The minimum Gasteiger partial charge on any atom is -0.480 e. The summed E-state index contributed by atoms with van der Waals surface area (Å²) in [6.45, 7) is 0.466. The molecule has 0 saturated heterocycles. The maximum atomic E-state index is 11.8. The van der Waals surface area contributed by atoms with E-state index in [0.717, 1.165) is 19.3 Å². The monoisotopic (exact) mass is 300 g/mol. The number of urea groups is 1. The van der Waals surface area contributed by atoms with Crippen molar-refractivity contribution in [3.05, 3.63) is 0 Å². The Hall–Kier alpha value is -1.83. The topological polar surface area (TPSA) is 125 Å². The molecule has 8 nitrogen and oxygen atoms in total. The lowest BCUT2D eigenvalue weighted by molar-refractivity contribution is -0.139. The van der Waals surface area contributed by atoms with E-state index in [2.05, 4.69) is 15.5 Å². The van der Waals surface area contributed by atoms with Gasteiger partial charge in [-0.15, -0.1) is 0 Å². The van der Waals surface area contributed by atoms with Crippen LogP contribution in [0, 0.1) is 0 Å². The number of primary amides is 1. The SMILES string of the molecule is CN(C)C1(CNC(=O)N[C@@H](CCC(N)=O)C(=O)O)CCC1. The number of likely N-dealkylation sites (N-methyl/N-ethyl adjacent to an activating group) is 1. The first-order valence-electron chi connectivity index (χ1n) is 7.00. The van der Waals surface area contributed by atoms with Crippen LogP contribution in [0.15, 0.2) is 0 Å². The molecule has 120 valence electrons. The minimum absolute atomic E-state index is 0.0170. The molecule has 0 aromatic carbocycles. The van der Waals surface area contributed by atoms with Crippen LogP contribution < -0.4 is 16.4 Å². The van der Waals surface area contributed by atoms with Crippen molar-refractivity contribution in [1.82, 2.24) is 15.5 Å². The lowest BCUT2D eigenvalue weighted by atomic mass is 9.75. The van der Waals surface area contributed by atoms with Crippen molar-refractivity contribution >= 4 is 17.9 Å². The number of carbonyl (C=O) groups is 3. The Morgan fingerprint density at radius 3 is 2.33 bits per heavy atom. The number of rotatable bonds is 8. The summed E-state index contributed by atoms with van der Waals surface area (Å²) in [7, 11) is 3.93. The highest BCUT2D eigenvalue weighted by atomic mass is 16.4. The second-order valence-electron chi connectivity index (χ2n) is 5.70. The van der Waals surface area contributed by atoms with Gasteiger partial charge in [-0.1, -0.05) is 0 Å². The molecule has 0 heterocycles. The van der Waals surface area contributed by atoms with E-state index in [1.54, 1.807) is 0 Å². The molecular weight excluding hydrogens is 276 g/mol. The maximum absolute atomic E-state index is 11.8. The molecule has 0 aromatic heterocycles. The first-order valence-corrected chi connectivity index (χ1v) is 7.00. The molecular formula is C13H24N4O4. The number of hydrogen-bond acceptors (Lipinski definition) is 4. The molecule has 1 fully saturated rings. The summed E-state index contributed by atoms with van der Waals surface area (Å²) in [4.78, 5) is 35.6. The molecule has 1 aliphatic rings. The third kappa shape index (κ3) is 4.89. The zero-order valence-corrected chi connectivity index (χ0v) is 12.5. The summed E-state index contributed by atoms with van der Waals surface area (Å²) >= 11 is 0. The van der Waals surface area contributed by atoms with Gasteiger partial charge in [0.05, 0.1) is 0 Å². The molecule has 0 bridgehead atoms. The van der Waals surface area contributed by atoms with E-state index >= 15 is 0 Å². The summed E-state index contributed by atoms with van der Waals surface area (Å²) in [5, 5.41) is 14.1. The Kier molecular flexibility index (Phi) is 5.95. The largest absolute Gasteiger partial charge is 0.480 e. The molecule has 0 aromatic rings. The van der Waals surface area contributed by atoms with E-state index in [0.29, 0.717) is 6.54 Å². The standard InChI is InChI=1S/C13H24N4O4/c1-17(2)13(6-3-7-13)8-15-12(21)16-9(11(19)20)4-5-10(14)18/h9H,3-8H2,1-2H3,(H2,14,18)(H,19,20)(H2,15,16,21)/t9-/m0/s1. The van der Waals surface area contributed by atoms with Crippen LogP contribution in [0.2, 0.25) is 0 Å². The van der Waals surface area contributed by atoms with E-state index in [9.17, 15) is 14.4 Å². The highest BCUT2D eigenvalue weighted by Crippen LogP contribution is 2.35. The molecule has 0 unspecified atom stereocenters. The Morgan fingerprint density at radius 2 is 1.95 bits per heavy atom. The average molecular weight is 300 g/mol. The highest BCUT2D eigenvalue weighted by molar-refractivity contribution is 5.83. The number of nitrogens with one attached hydrogen (secondary N) is 2. The quantitative estimate of drug-likeness (QED) is 0.480. The van der Waals surface area contributed by atoms with Crippen LogP contribution in [0.3, 0.4) is 0 Å². The van der Waals surface area contributed by atoms with Crippen molar-refractivity contribution in [1.29, 1.82) is 0 Å². The fourth-order valence-corrected chi connectivity index (χ4v) is 2.37. The summed E-state index contributed by atoms with van der Waals surface area (Å²) in [5.74, 6) is -1.78. The molecule has 0 aliphatic heterocycles. The number of nitrogens with two attached hydrogens (primary N) is 1. The molecule has 0 radical (unpaired) electrons. The van der Waals surface area contributed by atoms with Crippen LogP contribution in [0.5, 0.6) is 0 Å². The van der Waals surface area contributed by atoms with Gasteiger partial charge in [0.15, 0.2) is 0 Å². The Balaban J connectivity index is 2.43. The van der Waals surface area contributed by atoms with Gasteiger partial charge in [-0.2, -0.15) is 0 Å². The van der Waals surface area contributed by atoms with Crippen molar-refractivity contribution in [2.24, 2.45) is 5.73 Å². The molecule has 5 N–H and O–H groups in total. The predicted molar refractivity (Wildman–Crippen MR) is 76.7 cm³/mol. The summed E-state index contributed by atoms with van der Waals surface area (Å²) in [6, 6.07) is -1.66. The Morgan fingerprint density at radius 1 is 1.33 bits per heavy atom. The van der Waals surface area contributed by atoms with Gasteiger partial charge in [0.25, 0.3) is 0 Å². The van der Waals surface area contributed by atoms with Gasteiger partial charge in [0.1, 0.15) is 6.04 Å². The molecule has 0 spiro atoms.